The first-order valence-corrected chi connectivity index (χ1v) is 11.6. The summed E-state index contributed by atoms with van der Waals surface area (Å²) in [6.45, 7) is 5.84. The highest BCUT2D eigenvalue weighted by molar-refractivity contribution is 7.53. The molecule has 2 rings (SSSR count). The van der Waals surface area contributed by atoms with Crippen LogP contribution in [0, 0.1) is 0 Å². The molecule has 0 aliphatic carbocycles. The number of hydrogen-bond donors (Lipinski definition) is 1. The molecule has 0 aliphatic rings. The van der Waals surface area contributed by atoms with E-state index < -0.39 is 7.60 Å². The van der Waals surface area contributed by atoms with E-state index in [0.29, 0.717) is 13.2 Å². The van der Waals surface area contributed by atoms with Crippen LogP contribution in [0.15, 0.2) is 60.7 Å². The quantitative estimate of drug-likeness (QED) is 0.374. The van der Waals surface area contributed by atoms with Crippen LogP contribution in [0.3, 0.4) is 0 Å². The SMILES string of the molecule is CCCCOP(=O)(OCCCC)[C@H]([NH2+]Cc1ccccc1)c1ccccc1. The van der Waals surface area contributed by atoms with Crippen molar-refractivity contribution < 1.29 is 18.9 Å². The molecule has 148 valence electrons. The lowest BCUT2D eigenvalue weighted by atomic mass is 10.2. The normalized spacial score (nSPS) is 12.8. The summed E-state index contributed by atoms with van der Waals surface area (Å²) in [6, 6.07) is 20.1. The number of benzene rings is 2. The van der Waals surface area contributed by atoms with E-state index in [0.717, 1.165) is 37.8 Å². The highest BCUT2D eigenvalue weighted by Crippen LogP contribution is 2.58. The minimum Gasteiger partial charge on any atom is -0.326 e. The first-order chi connectivity index (χ1) is 13.2. The Morgan fingerprint density at radius 1 is 0.852 bits per heavy atom. The molecule has 0 amide bonds. The second-order valence-corrected chi connectivity index (χ2v) is 8.85. The number of nitrogens with two attached hydrogens (primary N) is 1. The fraction of sp³-hybridized carbons (Fsp3) is 0.455. The number of unbranched alkanes of at least 4 members (excludes halogenated alkanes) is 2. The van der Waals surface area contributed by atoms with Gasteiger partial charge in [-0.2, -0.15) is 0 Å². The number of hydrogen-bond acceptors (Lipinski definition) is 3. The van der Waals surface area contributed by atoms with Crippen LogP contribution in [-0.4, -0.2) is 13.2 Å². The Labute approximate surface area is 163 Å². The maximum Gasteiger partial charge on any atom is 0.392 e. The van der Waals surface area contributed by atoms with E-state index in [4.69, 9.17) is 9.05 Å². The van der Waals surface area contributed by atoms with Gasteiger partial charge in [0.1, 0.15) is 6.54 Å². The first-order valence-electron chi connectivity index (χ1n) is 10.0. The van der Waals surface area contributed by atoms with Crippen LogP contribution in [0.25, 0.3) is 0 Å². The summed E-state index contributed by atoms with van der Waals surface area (Å²) >= 11 is 0. The fourth-order valence-corrected chi connectivity index (χ4v) is 4.89. The Balaban J connectivity index is 2.23. The van der Waals surface area contributed by atoms with Crippen LogP contribution in [0.5, 0.6) is 0 Å². The molecule has 2 aromatic rings. The van der Waals surface area contributed by atoms with Gasteiger partial charge in [0.15, 0.2) is 0 Å². The van der Waals surface area contributed by atoms with Crippen molar-refractivity contribution in [3.8, 4) is 0 Å². The zero-order valence-electron chi connectivity index (χ0n) is 16.5. The topological polar surface area (TPSA) is 52.1 Å². The van der Waals surface area contributed by atoms with E-state index in [2.05, 4.69) is 31.3 Å². The maximum absolute atomic E-state index is 13.8. The minimum atomic E-state index is -3.30. The van der Waals surface area contributed by atoms with Crippen molar-refractivity contribution in [2.45, 2.75) is 51.9 Å². The molecule has 2 N–H and O–H groups in total. The van der Waals surface area contributed by atoms with E-state index in [1.54, 1.807) is 0 Å². The zero-order chi connectivity index (χ0) is 19.4. The van der Waals surface area contributed by atoms with Crippen molar-refractivity contribution >= 4 is 7.60 Å². The summed E-state index contributed by atoms with van der Waals surface area (Å²) in [7, 11) is -3.30. The molecule has 0 aliphatic heterocycles. The van der Waals surface area contributed by atoms with Crippen molar-refractivity contribution in [2.75, 3.05) is 13.2 Å². The summed E-state index contributed by atoms with van der Waals surface area (Å²) in [5.41, 5.74) is 2.16. The molecule has 0 spiro atoms. The van der Waals surface area contributed by atoms with Crippen molar-refractivity contribution in [2.24, 2.45) is 0 Å². The highest BCUT2D eigenvalue weighted by atomic mass is 31.2. The maximum atomic E-state index is 13.8. The third-order valence-corrected chi connectivity index (χ3v) is 6.71. The second-order valence-electron chi connectivity index (χ2n) is 6.69. The molecule has 0 radical (unpaired) electrons. The Bertz CT molecular complexity index is 664. The molecule has 0 saturated heterocycles. The van der Waals surface area contributed by atoms with E-state index >= 15 is 0 Å². The minimum absolute atomic E-state index is 0.368. The molecule has 27 heavy (non-hydrogen) atoms. The zero-order valence-corrected chi connectivity index (χ0v) is 17.4. The molecule has 0 unspecified atom stereocenters. The van der Waals surface area contributed by atoms with Gasteiger partial charge >= 0.3 is 7.60 Å². The van der Waals surface area contributed by atoms with E-state index in [9.17, 15) is 4.57 Å². The van der Waals surface area contributed by atoms with Gasteiger partial charge in [0, 0.05) is 11.1 Å². The van der Waals surface area contributed by atoms with Crippen LogP contribution in [0.2, 0.25) is 0 Å². The molecule has 1 atom stereocenters. The average Bonchev–Trinajstić information content (AvgIpc) is 2.70. The van der Waals surface area contributed by atoms with Gasteiger partial charge in [-0.3, -0.25) is 4.57 Å². The van der Waals surface area contributed by atoms with E-state index in [1.165, 1.54) is 5.56 Å². The Morgan fingerprint density at radius 3 is 1.89 bits per heavy atom. The van der Waals surface area contributed by atoms with Gasteiger partial charge in [0.05, 0.1) is 13.2 Å². The Hall–Kier alpha value is -1.45. The molecule has 0 heterocycles. The standard InChI is InChI=1S/C22H32NO3P/c1-3-5-17-25-27(24,26-18-6-4-2)22(21-15-11-8-12-16-21)23-19-20-13-9-7-10-14-20/h7-16,22-23H,3-6,17-19H2,1-2H3/p+1/t22-/m0/s1. The molecule has 0 saturated carbocycles. The largest absolute Gasteiger partial charge is 0.392 e. The third kappa shape index (κ3) is 7.23. The lowest BCUT2D eigenvalue weighted by Crippen LogP contribution is -2.83. The molecular formula is C22H33NO3P+. The summed E-state index contributed by atoms with van der Waals surface area (Å²) in [5, 5.41) is 2.09. The summed E-state index contributed by atoms with van der Waals surface area (Å²) in [6.07, 6.45) is 3.75. The molecule has 5 heteroatoms. The van der Waals surface area contributed by atoms with E-state index in [-0.39, 0.29) is 5.78 Å². The van der Waals surface area contributed by atoms with Gasteiger partial charge < -0.3 is 14.4 Å². The van der Waals surface area contributed by atoms with Crippen LogP contribution in [-0.2, 0) is 20.2 Å². The molecule has 0 bridgehead atoms. The van der Waals surface area contributed by atoms with Crippen LogP contribution in [0.4, 0.5) is 0 Å². The van der Waals surface area contributed by atoms with E-state index in [1.807, 2.05) is 48.5 Å². The van der Waals surface area contributed by atoms with Gasteiger partial charge in [-0.25, -0.2) is 0 Å². The molecule has 0 aromatic heterocycles. The fourth-order valence-electron chi connectivity index (χ4n) is 2.83. The van der Waals surface area contributed by atoms with Gasteiger partial charge in [0.25, 0.3) is 0 Å². The predicted molar refractivity (Wildman–Crippen MR) is 111 cm³/mol. The molecular weight excluding hydrogens is 357 g/mol. The van der Waals surface area contributed by atoms with Crippen molar-refractivity contribution in [3.05, 3.63) is 71.8 Å². The predicted octanol–water partition coefficient (Wildman–Crippen LogP) is 5.28. The lowest BCUT2D eigenvalue weighted by molar-refractivity contribution is -0.693. The Kier molecular flexibility index (Phi) is 9.79. The van der Waals surface area contributed by atoms with Crippen molar-refractivity contribution in [3.63, 3.8) is 0 Å². The summed E-state index contributed by atoms with van der Waals surface area (Å²) in [5.74, 6) is -0.368. The smallest absolute Gasteiger partial charge is 0.326 e. The summed E-state index contributed by atoms with van der Waals surface area (Å²) in [4.78, 5) is 0. The second kappa shape index (κ2) is 12.1. The van der Waals surface area contributed by atoms with Gasteiger partial charge in [-0.1, -0.05) is 87.4 Å². The van der Waals surface area contributed by atoms with Crippen molar-refractivity contribution in [1.82, 2.24) is 0 Å². The van der Waals surface area contributed by atoms with Crippen LogP contribution in [0.1, 0.15) is 56.4 Å². The van der Waals surface area contributed by atoms with Gasteiger partial charge in [-0.15, -0.1) is 0 Å². The summed E-state index contributed by atoms with van der Waals surface area (Å²) < 4.78 is 25.7. The Morgan fingerprint density at radius 2 is 1.37 bits per heavy atom. The lowest BCUT2D eigenvalue weighted by Gasteiger charge is -2.25. The monoisotopic (exact) mass is 390 g/mol. The molecule has 0 fully saturated rings. The van der Waals surface area contributed by atoms with Crippen LogP contribution >= 0.6 is 7.60 Å². The van der Waals surface area contributed by atoms with Gasteiger partial charge in [0.2, 0.25) is 5.78 Å². The molecule has 2 aromatic carbocycles. The first kappa shape index (κ1) is 21.8. The third-order valence-electron chi connectivity index (χ3n) is 4.44. The number of quaternary nitrogens is 1. The number of rotatable bonds is 13. The highest BCUT2D eigenvalue weighted by Gasteiger charge is 2.40. The van der Waals surface area contributed by atoms with Gasteiger partial charge in [-0.05, 0) is 12.8 Å². The van der Waals surface area contributed by atoms with Crippen molar-refractivity contribution in [1.29, 1.82) is 0 Å². The molecule has 4 nitrogen and oxygen atoms in total. The van der Waals surface area contributed by atoms with Crippen LogP contribution < -0.4 is 5.32 Å². The average molecular weight is 390 g/mol.